The van der Waals surface area contributed by atoms with Gasteiger partial charge in [0.15, 0.2) is 0 Å². The number of rotatable bonds is 13. The van der Waals surface area contributed by atoms with Gasteiger partial charge in [-0.25, -0.2) is 9.59 Å². The largest absolute Gasteiger partial charge is 0.481 e. The SMILES string of the molecule is CC(=O)NC(Cc1cccc2ccccc12)C(=O)NCCC(CCC(=O)O)N(C(=O)C(=O)O)c1ccccc1C(=O)O. The number of carbonyl (C=O) groups is 6. The molecule has 42 heavy (non-hydrogen) atoms. The van der Waals surface area contributed by atoms with Crippen molar-refractivity contribution in [3.05, 3.63) is 77.9 Å². The van der Waals surface area contributed by atoms with Gasteiger partial charge in [0, 0.05) is 32.4 Å². The van der Waals surface area contributed by atoms with Crippen molar-refractivity contribution in [1.29, 1.82) is 0 Å². The average Bonchev–Trinajstić information content (AvgIpc) is 2.95. The van der Waals surface area contributed by atoms with Crippen molar-refractivity contribution in [2.75, 3.05) is 11.4 Å². The molecule has 12 heteroatoms. The Kier molecular flexibility index (Phi) is 10.7. The first-order valence-corrected chi connectivity index (χ1v) is 13.1. The second-order valence-corrected chi connectivity index (χ2v) is 9.56. The zero-order valence-electron chi connectivity index (χ0n) is 22.8. The smallest absolute Gasteiger partial charge is 0.394 e. The maximum atomic E-state index is 13.2. The zero-order chi connectivity index (χ0) is 30.8. The van der Waals surface area contributed by atoms with Crippen molar-refractivity contribution in [3.8, 4) is 0 Å². The monoisotopic (exact) mass is 577 g/mol. The van der Waals surface area contributed by atoms with Crippen LogP contribution in [0.25, 0.3) is 10.8 Å². The molecule has 12 nitrogen and oxygen atoms in total. The van der Waals surface area contributed by atoms with Gasteiger partial charge in [-0.1, -0.05) is 54.6 Å². The van der Waals surface area contributed by atoms with Gasteiger partial charge in [0.05, 0.1) is 11.3 Å². The summed E-state index contributed by atoms with van der Waals surface area (Å²) in [6.45, 7) is 1.15. The second-order valence-electron chi connectivity index (χ2n) is 9.56. The molecule has 3 aromatic carbocycles. The lowest BCUT2D eigenvalue weighted by atomic mass is 9.98. The summed E-state index contributed by atoms with van der Waals surface area (Å²) in [5.41, 5.74) is 0.258. The van der Waals surface area contributed by atoms with Crippen molar-refractivity contribution < 1.29 is 44.1 Å². The summed E-state index contributed by atoms with van der Waals surface area (Å²) in [6.07, 6.45) is -0.603. The van der Waals surface area contributed by atoms with E-state index in [4.69, 9.17) is 0 Å². The number of anilines is 1. The van der Waals surface area contributed by atoms with Crippen LogP contribution in [0.4, 0.5) is 5.69 Å². The minimum absolute atomic E-state index is 0.104. The van der Waals surface area contributed by atoms with E-state index in [0.717, 1.165) is 21.2 Å². The van der Waals surface area contributed by atoms with Gasteiger partial charge < -0.3 is 26.0 Å². The molecule has 0 saturated heterocycles. The quantitative estimate of drug-likeness (QED) is 0.190. The number of hydrogen-bond acceptors (Lipinski definition) is 6. The molecular formula is C30H31N3O9. The van der Waals surface area contributed by atoms with Gasteiger partial charge in [0.25, 0.3) is 0 Å². The lowest BCUT2D eigenvalue weighted by Crippen LogP contribution is -2.49. The Morgan fingerprint density at radius 1 is 0.833 bits per heavy atom. The highest BCUT2D eigenvalue weighted by Gasteiger charge is 2.33. The molecule has 0 bridgehead atoms. The van der Waals surface area contributed by atoms with Crippen LogP contribution in [-0.2, 0) is 30.4 Å². The third kappa shape index (κ3) is 8.13. The van der Waals surface area contributed by atoms with Gasteiger partial charge in [-0.2, -0.15) is 0 Å². The summed E-state index contributed by atoms with van der Waals surface area (Å²) in [7, 11) is 0. The fourth-order valence-electron chi connectivity index (χ4n) is 4.76. The Balaban J connectivity index is 1.85. The first-order chi connectivity index (χ1) is 20.0. The molecule has 220 valence electrons. The predicted molar refractivity (Wildman–Crippen MR) is 152 cm³/mol. The topological polar surface area (TPSA) is 190 Å². The Morgan fingerprint density at radius 2 is 1.50 bits per heavy atom. The summed E-state index contributed by atoms with van der Waals surface area (Å²) in [4.78, 5) is 73.6. The van der Waals surface area contributed by atoms with Gasteiger partial charge in [0.1, 0.15) is 6.04 Å². The number of carboxylic acid groups (broad SMARTS) is 3. The maximum Gasteiger partial charge on any atom is 0.394 e. The van der Waals surface area contributed by atoms with Crippen LogP contribution in [0.15, 0.2) is 66.7 Å². The number of fused-ring (bicyclic) bond motifs is 1. The average molecular weight is 578 g/mol. The third-order valence-corrected chi connectivity index (χ3v) is 6.63. The van der Waals surface area contributed by atoms with Crippen LogP contribution >= 0.6 is 0 Å². The molecule has 3 rings (SSSR count). The number of benzene rings is 3. The van der Waals surface area contributed by atoms with E-state index in [-0.39, 0.29) is 37.1 Å². The van der Waals surface area contributed by atoms with E-state index in [9.17, 15) is 44.1 Å². The molecule has 0 aliphatic rings. The number of hydrogen-bond donors (Lipinski definition) is 5. The minimum atomic E-state index is -1.86. The summed E-state index contributed by atoms with van der Waals surface area (Å²) >= 11 is 0. The maximum absolute atomic E-state index is 13.2. The van der Waals surface area contributed by atoms with Crippen molar-refractivity contribution in [2.24, 2.45) is 0 Å². The van der Waals surface area contributed by atoms with E-state index in [1.807, 2.05) is 42.5 Å². The lowest BCUT2D eigenvalue weighted by molar-refractivity contribution is -0.149. The van der Waals surface area contributed by atoms with Crippen LogP contribution < -0.4 is 15.5 Å². The summed E-state index contributed by atoms with van der Waals surface area (Å²) in [5.74, 6) is -6.90. The molecule has 2 atom stereocenters. The number of carboxylic acids is 3. The zero-order valence-corrected chi connectivity index (χ0v) is 22.8. The fourth-order valence-corrected chi connectivity index (χ4v) is 4.76. The van der Waals surface area contributed by atoms with Gasteiger partial charge >= 0.3 is 23.8 Å². The molecule has 0 aliphatic carbocycles. The number of aromatic carboxylic acids is 1. The van der Waals surface area contributed by atoms with E-state index in [2.05, 4.69) is 10.6 Å². The Hall–Kier alpha value is -5.26. The van der Waals surface area contributed by atoms with Crippen LogP contribution in [0, 0.1) is 0 Å². The van der Waals surface area contributed by atoms with Crippen molar-refractivity contribution >= 4 is 52.1 Å². The molecular weight excluding hydrogens is 546 g/mol. The molecule has 3 amide bonds. The van der Waals surface area contributed by atoms with Gasteiger partial charge in [-0.05, 0) is 41.3 Å². The molecule has 2 unspecified atom stereocenters. The van der Waals surface area contributed by atoms with Crippen molar-refractivity contribution in [3.63, 3.8) is 0 Å². The van der Waals surface area contributed by atoms with Crippen LogP contribution in [0.5, 0.6) is 0 Å². The highest BCUT2D eigenvalue weighted by molar-refractivity contribution is 6.37. The van der Waals surface area contributed by atoms with Gasteiger partial charge in [-0.15, -0.1) is 0 Å². The Morgan fingerprint density at radius 3 is 2.17 bits per heavy atom. The first-order valence-electron chi connectivity index (χ1n) is 13.1. The molecule has 0 fully saturated rings. The molecule has 0 aliphatic heterocycles. The molecule has 3 aromatic rings. The summed E-state index contributed by atoms with van der Waals surface area (Å²) < 4.78 is 0. The predicted octanol–water partition coefficient (Wildman–Crippen LogP) is 2.44. The summed E-state index contributed by atoms with van der Waals surface area (Å²) in [6, 6.07) is 16.4. The van der Waals surface area contributed by atoms with Gasteiger partial charge in [0.2, 0.25) is 11.8 Å². The third-order valence-electron chi connectivity index (χ3n) is 6.63. The van der Waals surface area contributed by atoms with Crippen molar-refractivity contribution in [1.82, 2.24) is 10.6 Å². The molecule has 0 aromatic heterocycles. The molecule has 0 radical (unpaired) electrons. The van der Waals surface area contributed by atoms with E-state index < -0.39 is 54.1 Å². The van der Waals surface area contributed by atoms with Crippen LogP contribution in [-0.4, -0.2) is 69.6 Å². The number of para-hydroxylation sites is 1. The van der Waals surface area contributed by atoms with E-state index in [1.165, 1.54) is 31.2 Å². The number of amides is 3. The Bertz CT molecular complexity index is 1500. The highest BCUT2D eigenvalue weighted by Crippen LogP contribution is 2.26. The highest BCUT2D eigenvalue weighted by atomic mass is 16.4. The molecule has 0 heterocycles. The van der Waals surface area contributed by atoms with Crippen LogP contribution in [0.1, 0.15) is 42.1 Å². The minimum Gasteiger partial charge on any atom is -0.481 e. The molecule has 0 spiro atoms. The molecule has 5 N–H and O–H groups in total. The number of aliphatic carboxylic acids is 2. The number of nitrogens with one attached hydrogen (secondary N) is 2. The normalized spacial score (nSPS) is 12.1. The van der Waals surface area contributed by atoms with E-state index >= 15 is 0 Å². The standard InChI is InChI=1S/C30H31N3O9/c1-18(34)32-24(17-20-9-6-8-19-7-2-3-10-22(19)20)27(37)31-16-15-21(13-14-26(35)36)33(28(38)30(41)42)25-12-5-4-11-23(25)29(39)40/h2-12,21,24H,13-17H2,1H3,(H,31,37)(H,32,34)(H,35,36)(H,39,40)(H,41,42). The lowest BCUT2D eigenvalue weighted by Gasteiger charge is -2.31. The summed E-state index contributed by atoms with van der Waals surface area (Å²) in [5, 5.41) is 35.6. The number of carbonyl (C=O) groups excluding carboxylic acids is 3. The van der Waals surface area contributed by atoms with E-state index in [1.54, 1.807) is 0 Å². The second kappa shape index (κ2) is 14.4. The Labute approximate surface area is 240 Å². The molecule has 0 saturated carbocycles. The van der Waals surface area contributed by atoms with Gasteiger partial charge in [-0.3, -0.25) is 24.1 Å². The van der Waals surface area contributed by atoms with Crippen LogP contribution in [0.3, 0.4) is 0 Å². The number of nitrogens with zero attached hydrogens (tertiary/aromatic N) is 1. The van der Waals surface area contributed by atoms with Crippen molar-refractivity contribution in [2.45, 2.75) is 44.7 Å². The van der Waals surface area contributed by atoms with E-state index in [0.29, 0.717) is 0 Å². The fraction of sp³-hybridized carbons (Fsp3) is 0.267. The first kappa shape index (κ1) is 31.3. The van der Waals surface area contributed by atoms with Crippen LogP contribution in [0.2, 0.25) is 0 Å².